The second kappa shape index (κ2) is 8.43. The van der Waals surface area contributed by atoms with Crippen LogP contribution in [0.25, 0.3) is 16.9 Å². The number of alkyl halides is 3. The van der Waals surface area contributed by atoms with Crippen molar-refractivity contribution in [1.82, 2.24) is 29.2 Å². The largest absolute Gasteiger partial charge is 0.405 e. The summed E-state index contributed by atoms with van der Waals surface area (Å²) >= 11 is 0. The number of aryl methyl sites for hydroxylation is 1. The second-order valence-corrected chi connectivity index (χ2v) is 6.81. The Hall–Kier alpha value is -4.33. The van der Waals surface area contributed by atoms with Gasteiger partial charge < -0.3 is 15.2 Å². The van der Waals surface area contributed by atoms with Crippen LogP contribution in [0.5, 0.6) is 0 Å². The second-order valence-electron chi connectivity index (χ2n) is 6.81. The number of carbonyl (C=O) groups is 1. The maximum atomic E-state index is 12.2. The molecule has 0 aliphatic heterocycles. The number of imidazole rings is 2. The summed E-state index contributed by atoms with van der Waals surface area (Å²) in [6.45, 7) is -1.43. The molecule has 11 heteroatoms. The Morgan fingerprint density at radius 2 is 1.97 bits per heavy atom. The lowest BCUT2D eigenvalue weighted by Crippen LogP contribution is -2.36. The minimum atomic E-state index is -4.49. The number of anilines is 1. The van der Waals surface area contributed by atoms with Crippen LogP contribution < -0.4 is 10.6 Å². The van der Waals surface area contributed by atoms with Gasteiger partial charge in [0.2, 0.25) is 0 Å². The summed E-state index contributed by atoms with van der Waals surface area (Å²) in [7, 11) is 1.86. The molecule has 0 atom stereocenters. The van der Waals surface area contributed by atoms with E-state index < -0.39 is 18.8 Å². The van der Waals surface area contributed by atoms with Gasteiger partial charge in [0.05, 0.1) is 36.3 Å². The van der Waals surface area contributed by atoms with Gasteiger partial charge in [-0.3, -0.25) is 9.38 Å². The third kappa shape index (κ3) is 4.86. The van der Waals surface area contributed by atoms with E-state index in [1.807, 2.05) is 28.1 Å². The Kier molecular flexibility index (Phi) is 5.51. The molecule has 32 heavy (non-hydrogen) atoms. The van der Waals surface area contributed by atoms with Crippen LogP contribution in [0.3, 0.4) is 0 Å². The Morgan fingerprint density at radius 1 is 1.12 bits per heavy atom. The van der Waals surface area contributed by atoms with Crippen molar-refractivity contribution >= 4 is 17.4 Å². The summed E-state index contributed by atoms with van der Waals surface area (Å²) in [6.07, 6.45) is 5.21. The van der Waals surface area contributed by atoms with Crippen molar-refractivity contribution in [2.75, 3.05) is 11.9 Å². The maximum absolute atomic E-state index is 12.2. The lowest BCUT2D eigenvalue weighted by atomic mass is 10.2. The molecule has 4 heterocycles. The molecule has 0 radical (unpaired) electrons. The van der Waals surface area contributed by atoms with Gasteiger partial charge in [0.25, 0.3) is 0 Å². The van der Waals surface area contributed by atoms with Gasteiger partial charge in [-0.15, -0.1) is 0 Å². The van der Waals surface area contributed by atoms with Crippen LogP contribution in [-0.4, -0.2) is 42.7 Å². The third-order valence-corrected chi connectivity index (χ3v) is 4.41. The zero-order chi connectivity index (χ0) is 22.7. The minimum absolute atomic E-state index is 0.246. The first-order valence-electron chi connectivity index (χ1n) is 9.31. The van der Waals surface area contributed by atoms with Gasteiger partial charge in [-0.2, -0.15) is 13.2 Å². The van der Waals surface area contributed by atoms with Crippen molar-refractivity contribution in [2.24, 2.45) is 7.05 Å². The number of carbonyl (C=O) groups excluding carboxylic acids is 1. The highest BCUT2D eigenvalue weighted by molar-refractivity contribution is 5.89. The molecule has 162 valence electrons. The van der Waals surface area contributed by atoms with Crippen LogP contribution in [0.2, 0.25) is 0 Å². The fourth-order valence-electron chi connectivity index (χ4n) is 2.89. The van der Waals surface area contributed by atoms with Gasteiger partial charge in [-0.05, 0) is 24.1 Å². The van der Waals surface area contributed by atoms with E-state index in [1.165, 1.54) is 6.20 Å². The number of amides is 2. The van der Waals surface area contributed by atoms with Crippen molar-refractivity contribution in [3.63, 3.8) is 0 Å². The van der Waals surface area contributed by atoms with Crippen molar-refractivity contribution in [3.8, 4) is 23.1 Å². The van der Waals surface area contributed by atoms with E-state index in [-0.39, 0.29) is 5.69 Å². The van der Waals surface area contributed by atoms with Crippen molar-refractivity contribution < 1.29 is 18.0 Å². The number of nitrogens with one attached hydrogen (secondary N) is 2. The summed E-state index contributed by atoms with van der Waals surface area (Å²) in [5.41, 5.74) is 3.76. The Labute approximate surface area is 180 Å². The van der Waals surface area contributed by atoms with Crippen LogP contribution in [0.4, 0.5) is 23.7 Å². The predicted octanol–water partition coefficient (Wildman–Crippen LogP) is 3.21. The van der Waals surface area contributed by atoms with Gasteiger partial charge in [0.1, 0.15) is 17.9 Å². The van der Waals surface area contributed by atoms with E-state index in [0.29, 0.717) is 16.9 Å². The van der Waals surface area contributed by atoms with Gasteiger partial charge >= 0.3 is 12.2 Å². The number of urea groups is 1. The van der Waals surface area contributed by atoms with Crippen LogP contribution in [0.1, 0.15) is 11.3 Å². The highest BCUT2D eigenvalue weighted by Crippen LogP contribution is 2.23. The average molecular weight is 439 g/mol. The van der Waals surface area contributed by atoms with Crippen molar-refractivity contribution in [1.29, 1.82) is 0 Å². The number of halogens is 3. The predicted molar refractivity (Wildman–Crippen MR) is 111 cm³/mol. The summed E-state index contributed by atoms with van der Waals surface area (Å²) < 4.78 is 40.4. The topological polar surface area (TPSA) is 89.1 Å². The van der Waals surface area contributed by atoms with Crippen LogP contribution in [0.15, 0.2) is 55.5 Å². The molecule has 0 aliphatic rings. The number of aromatic nitrogens is 5. The zero-order valence-electron chi connectivity index (χ0n) is 16.7. The molecule has 4 aromatic rings. The molecule has 0 spiro atoms. The lowest BCUT2D eigenvalue weighted by Gasteiger charge is -2.10. The first kappa shape index (κ1) is 20.9. The number of pyridine rings is 2. The first-order valence-corrected chi connectivity index (χ1v) is 9.31. The monoisotopic (exact) mass is 439 g/mol. The van der Waals surface area contributed by atoms with E-state index in [9.17, 15) is 18.0 Å². The molecule has 8 nitrogen and oxygen atoms in total. The zero-order valence-corrected chi connectivity index (χ0v) is 16.7. The normalized spacial score (nSPS) is 11.1. The molecular formula is C21H16F3N7O. The lowest BCUT2D eigenvalue weighted by molar-refractivity contribution is -0.122. The highest BCUT2D eigenvalue weighted by atomic mass is 19.4. The fourth-order valence-corrected chi connectivity index (χ4v) is 2.89. The molecule has 0 unspecified atom stereocenters. The highest BCUT2D eigenvalue weighted by Gasteiger charge is 2.27. The van der Waals surface area contributed by atoms with E-state index in [1.54, 1.807) is 42.5 Å². The first-order chi connectivity index (χ1) is 15.3. The molecule has 4 rings (SSSR count). The number of hydrogen-bond donors (Lipinski definition) is 2. The quantitative estimate of drug-likeness (QED) is 0.480. The Morgan fingerprint density at radius 3 is 2.72 bits per heavy atom. The Bertz CT molecular complexity index is 1340. The summed E-state index contributed by atoms with van der Waals surface area (Å²) in [5, 5.41) is 4.09. The standard InChI is InChI=1S/C21H16F3N7O/c1-30-13-26-10-17(30)3-2-14-4-5-31-18(11-27-19(31)6-14)15-7-16(9-25-8-15)29-20(32)28-12-21(22,23)24/h4-11,13H,12H2,1H3,(H2,28,29,32). The van der Waals surface area contributed by atoms with Crippen LogP contribution in [-0.2, 0) is 7.05 Å². The molecule has 0 saturated heterocycles. The number of fused-ring (bicyclic) bond motifs is 1. The van der Waals surface area contributed by atoms with Crippen molar-refractivity contribution in [2.45, 2.75) is 6.18 Å². The number of hydrogen-bond acceptors (Lipinski definition) is 4. The van der Waals surface area contributed by atoms with Crippen LogP contribution in [0, 0.1) is 11.8 Å². The molecule has 0 aliphatic carbocycles. The van der Waals surface area contributed by atoms with E-state index in [2.05, 4.69) is 32.1 Å². The van der Waals surface area contributed by atoms with Gasteiger partial charge in [-0.1, -0.05) is 5.92 Å². The molecule has 0 aromatic carbocycles. The number of nitrogens with zero attached hydrogens (tertiary/aromatic N) is 5. The van der Waals surface area contributed by atoms with E-state index in [0.717, 1.165) is 11.3 Å². The molecule has 0 fully saturated rings. The average Bonchev–Trinajstić information content (AvgIpc) is 3.36. The van der Waals surface area contributed by atoms with Crippen molar-refractivity contribution in [3.05, 3.63) is 66.8 Å². The van der Waals surface area contributed by atoms with Gasteiger partial charge in [-0.25, -0.2) is 14.8 Å². The van der Waals surface area contributed by atoms with Crippen LogP contribution >= 0.6 is 0 Å². The number of rotatable bonds is 3. The molecular weight excluding hydrogens is 423 g/mol. The SMILES string of the molecule is Cn1cncc1C#Cc1ccn2c(-c3cncc(NC(=O)NCC(F)(F)F)c3)cnc2c1. The maximum Gasteiger partial charge on any atom is 0.405 e. The third-order valence-electron chi connectivity index (χ3n) is 4.41. The smallest absolute Gasteiger partial charge is 0.329 e. The van der Waals surface area contributed by atoms with Gasteiger partial charge in [0.15, 0.2) is 0 Å². The Balaban J connectivity index is 1.54. The summed E-state index contributed by atoms with van der Waals surface area (Å²) in [5.74, 6) is 6.12. The minimum Gasteiger partial charge on any atom is -0.329 e. The summed E-state index contributed by atoms with van der Waals surface area (Å²) in [4.78, 5) is 24.2. The fraction of sp³-hybridized carbons (Fsp3) is 0.143. The molecule has 0 saturated carbocycles. The molecule has 0 bridgehead atoms. The molecule has 2 amide bonds. The van der Waals surface area contributed by atoms with E-state index >= 15 is 0 Å². The molecule has 4 aromatic heterocycles. The summed E-state index contributed by atoms with van der Waals surface area (Å²) in [6, 6.07) is 4.28. The molecule has 2 N–H and O–H groups in total. The van der Waals surface area contributed by atoms with Gasteiger partial charge in [0, 0.05) is 30.6 Å². The van der Waals surface area contributed by atoms with E-state index in [4.69, 9.17) is 0 Å².